The summed E-state index contributed by atoms with van der Waals surface area (Å²) in [5.41, 5.74) is 4.74. The van der Waals surface area contributed by atoms with Crippen molar-refractivity contribution in [3.05, 3.63) is 75.7 Å². The van der Waals surface area contributed by atoms with Crippen molar-refractivity contribution in [2.45, 2.75) is 26.2 Å². The van der Waals surface area contributed by atoms with Gasteiger partial charge in [-0.3, -0.25) is 19.6 Å². The summed E-state index contributed by atoms with van der Waals surface area (Å²) >= 11 is 1.41. The fraction of sp³-hybridized carbons (Fsp3) is 0.308. The second kappa shape index (κ2) is 9.77. The van der Waals surface area contributed by atoms with Crippen molar-refractivity contribution >= 4 is 33.4 Å². The first kappa shape index (κ1) is 22.3. The lowest BCUT2D eigenvalue weighted by molar-refractivity contribution is -0.125. The Morgan fingerprint density at radius 1 is 1.24 bits per heavy atom. The number of aromatic amines is 1. The molecule has 1 amide bonds. The van der Waals surface area contributed by atoms with Crippen molar-refractivity contribution in [1.82, 2.24) is 20.3 Å². The predicted molar refractivity (Wildman–Crippen MR) is 136 cm³/mol. The lowest BCUT2D eigenvalue weighted by atomic mass is 9.97. The van der Waals surface area contributed by atoms with Crippen LogP contribution in [0.1, 0.15) is 24.1 Å². The van der Waals surface area contributed by atoms with Gasteiger partial charge >= 0.3 is 0 Å². The average Bonchev–Trinajstić information content (AvgIpc) is 3.30. The van der Waals surface area contributed by atoms with Crippen LogP contribution >= 0.6 is 11.3 Å². The fourth-order valence-corrected chi connectivity index (χ4v) is 5.30. The quantitative estimate of drug-likeness (QED) is 0.443. The van der Waals surface area contributed by atoms with Gasteiger partial charge in [-0.15, -0.1) is 11.3 Å². The first-order chi connectivity index (χ1) is 16.6. The van der Waals surface area contributed by atoms with E-state index in [1.165, 1.54) is 16.9 Å². The molecule has 7 nitrogen and oxygen atoms in total. The zero-order chi connectivity index (χ0) is 23.5. The lowest BCUT2D eigenvalue weighted by Gasteiger charge is -2.32. The normalized spacial score (nSPS) is 16.0. The largest absolute Gasteiger partial charge is 0.355 e. The third-order valence-electron chi connectivity index (χ3n) is 6.27. The van der Waals surface area contributed by atoms with Gasteiger partial charge < -0.3 is 10.2 Å². The molecule has 1 unspecified atom stereocenters. The highest BCUT2D eigenvalue weighted by Crippen LogP contribution is 2.32. The van der Waals surface area contributed by atoms with Gasteiger partial charge in [0.15, 0.2) is 0 Å². The number of rotatable bonds is 6. The van der Waals surface area contributed by atoms with Crippen molar-refractivity contribution < 1.29 is 4.79 Å². The highest BCUT2D eigenvalue weighted by Gasteiger charge is 2.27. The Bertz CT molecular complexity index is 1350. The Kier molecular flexibility index (Phi) is 6.40. The minimum Gasteiger partial charge on any atom is -0.355 e. The number of carbonyl (C=O) groups is 1. The number of benzene rings is 1. The maximum absolute atomic E-state index is 12.8. The number of pyridine rings is 1. The number of hydrogen-bond donors (Lipinski definition) is 2. The van der Waals surface area contributed by atoms with Crippen LogP contribution in [-0.2, 0) is 11.2 Å². The molecule has 5 rings (SSSR count). The van der Waals surface area contributed by atoms with Gasteiger partial charge in [0.05, 0.1) is 11.4 Å². The fourth-order valence-electron chi connectivity index (χ4n) is 4.39. The summed E-state index contributed by atoms with van der Waals surface area (Å²) in [6.45, 7) is 3.91. The molecule has 34 heavy (non-hydrogen) atoms. The van der Waals surface area contributed by atoms with Crippen LogP contribution in [-0.4, -0.2) is 40.5 Å². The van der Waals surface area contributed by atoms with Gasteiger partial charge in [-0.2, -0.15) is 0 Å². The molecule has 1 saturated heterocycles. The number of anilines is 1. The van der Waals surface area contributed by atoms with E-state index in [2.05, 4.69) is 46.5 Å². The zero-order valence-electron chi connectivity index (χ0n) is 19.1. The first-order valence-electron chi connectivity index (χ1n) is 11.6. The van der Waals surface area contributed by atoms with Gasteiger partial charge in [0.1, 0.15) is 4.70 Å². The van der Waals surface area contributed by atoms with Crippen LogP contribution in [0.15, 0.2) is 58.8 Å². The zero-order valence-corrected chi connectivity index (χ0v) is 19.9. The summed E-state index contributed by atoms with van der Waals surface area (Å²) in [5, 5.41) is 5.04. The van der Waals surface area contributed by atoms with Crippen molar-refractivity contribution in [2.24, 2.45) is 5.92 Å². The molecule has 1 atom stereocenters. The predicted octanol–water partition coefficient (Wildman–Crippen LogP) is 3.93. The summed E-state index contributed by atoms with van der Waals surface area (Å²) in [4.78, 5) is 39.8. The maximum atomic E-state index is 12.8. The van der Waals surface area contributed by atoms with Gasteiger partial charge in [-0.05, 0) is 37.5 Å². The number of piperidine rings is 1. The van der Waals surface area contributed by atoms with E-state index >= 15 is 0 Å². The number of fused-ring (bicyclic) bond motifs is 1. The molecule has 0 bridgehead atoms. The molecule has 0 saturated carbocycles. The Balaban J connectivity index is 1.32. The van der Waals surface area contributed by atoms with E-state index in [0.717, 1.165) is 41.7 Å². The number of nitrogens with one attached hydrogen (secondary N) is 2. The van der Waals surface area contributed by atoms with Crippen molar-refractivity contribution in [3.8, 4) is 11.1 Å². The van der Waals surface area contributed by atoms with Crippen LogP contribution in [0.4, 0.5) is 5.95 Å². The number of carbonyl (C=O) groups excluding carboxylic acids is 1. The second-order valence-electron chi connectivity index (χ2n) is 8.73. The minimum atomic E-state index is -0.141. The van der Waals surface area contributed by atoms with E-state index in [4.69, 9.17) is 4.98 Å². The Morgan fingerprint density at radius 2 is 2.09 bits per heavy atom. The van der Waals surface area contributed by atoms with Gasteiger partial charge in [-0.25, -0.2) is 4.98 Å². The second-order valence-corrected chi connectivity index (χ2v) is 9.61. The summed E-state index contributed by atoms with van der Waals surface area (Å²) < 4.78 is 0.625. The number of H-pyrrole nitrogens is 1. The van der Waals surface area contributed by atoms with E-state index < -0.39 is 0 Å². The smallest absolute Gasteiger partial charge is 0.270 e. The van der Waals surface area contributed by atoms with E-state index in [9.17, 15) is 9.59 Å². The van der Waals surface area contributed by atoms with Crippen molar-refractivity contribution in [1.29, 1.82) is 0 Å². The van der Waals surface area contributed by atoms with Crippen LogP contribution in [0.3, 0.4) is 0 Å². The van der Waals surface area contributed by atoms with Gasteiger partial charge in [-0.1, -0.05) is 35.9 Å². The molecule has 8 heteroatoms. The summed E-state index contributed by atoms with van der Waals surface area (Å²) in [7, 11) is 0. The van der Waals surface area contributed by atoms with Crippen LogP contribution in [0.2, 0.25) is 0 Å². The standard InChI is InChI=1S/C26H27N5O2S/c1-17-7-9-18(10-8-17)21-16-34-23-22(21)29-26(30-25(23)33)31-14-4-5-19(15-31)24(32)28-13-11-20-6-2-3-12-27-20/h2-3,6-10,12,16,19H,4-5,11,13-15H2,1H3,(H,28,32)(H,29,30,33). The van der Waals surface area contributed by atoms with Crippen molar-refractivity contribution in [3.63, 3.8) is 0 Å². The molecule has 174 valence electrons. The topological polar surface area (TPSA) is 91.0 Å². The first-order valence-corrected chi connectivity index (χ1v) is 12.5. The summed E-state index contributed by atoms with van der Waals surface area (Å²) in [6, 6.07) is 14.0. The number of hydrogen-bond acceptors (Lipinski definition) is 6. The van der Waals surface area contributed by atoms with E-state index in [-0.39, 0.29) is 17.4 Å². The molecule has 1 aromatic carbocycles. The molecule has 4 heterocycles. The van der Waals surface area contributed by atoms with Gasteiger partial charge in [0.2, 0.25) is 11.9 Å². The van der Waals surface area contributed by atoms with E-state index in [1.807, 2.05) is 28.5 Å². The van der Waals surface area contributed by atoms with E-state index in [1.54, 1.807) is 6.20 Å². The van der Waals surface area contributed by atoms with Gasteiger partial charge in [0, 0.05) is 48.9 Å². The maximum Gasteiger partial charge on any atom is 0.270 e. The number of nitrogens with zero attached hydrogens (tertiary/aromatic N) is 3. The molecule has 1 fully saturated rings. The molecular formula is C26H27N5O2S. The molecule has 0 spiro atoms. The van der Waals surface area contributed by atoms with Crippen LogP contribution < -0.4 is 15.8 Å². The van der Waals surface area contributed by atoms with Gasteiger partial charge in [0.25, 0.3) is 5.56 Å². The Hall–Kier alpha value is -3.52. The lowest BCUT2D eigenvalue weighted by Crippen LogP contribution is -2.44. The molecule has 4 aromatic rings. The third-order valence-corrected chi connectivity index (χ3v) is 7.24. The number of thiophene rings is 1. The summed E-state index contributed by atoms with van der Waals surface area (Å²) in [6.07, 6.45) is 4.16. The molecule has 1 aliphatic rings. The van der Waals surface area contributed by atoms with E-state index in [0.29, 0.717) is 30.2 Å². The molecule has 2 N–H and O–H groups in total. The summed E-state index contributed by atoms with van der Waals surface area (Å²) in [5.74, 6) is 0.438. The highest BCUT2D eigenvalue weighted by molar-refractivity contribution is 7.17. The third kappa shape index (κ3) is 4.72. The molecule has 0 radical (unpaired) electrons. The number of aryl methyl sites for hydroxylation is 1. The molecule has 3 aromatic heterocycles. The van der Waals surface area contributed by atoms with Crippen LogP contribution in [0, 0.1) is 12.8 Å². The number of aromatic nitrogens is 3. The van der Waals surface area contributed by atoms with Crippen LogP contribution in [0.5, 0.6) is 0 Å². The van der Waals surface area contributed by atoms with Crippen molar-refractivity contribution in [2.75, 3.05) is 24.5 Å². The Morgan fingerprint density at radius 3 is 2.88 bits per heavy atom. The van der Waals surface area contributed by atoms with Crippen LogP contribution in [0.25, 0.3) is 21.3 Å². The minimum absolute atomic E-state index is 0.0416. The molecule has 1 aliphatic heterocycles. The monoisotopic (exact) mass is 473 g/mol. The average molecular weight is 474 g/mol. The highest BCUT2D eigenvalue weighted by atomic mass is 32.1. The number of amides is 1. The molecular weight excluding hydrogens is 446 g/mol. The SMILES string of the molecule is Cc1ccc(-c2csc3c(=O)[nH]c(N4CCCC(C(=O)NCCc5ccccn5)C4)nc23)cc1. The Labute approximate surface area is 201 Å². The molecule has 0 aliphatic carbocycles.